The molecule has 0 saturated carbocycles. The van der Waals surface area contributed by atoms with Crippen molar-refractivity contribution in [3.05, 3.63) is 42.5 Å². The summed E-state index contributed by atoms with van der Waals surface area (Å²) in [6.07, 6.45) is 3.78. The zero-order valence-corrected chi connectivity index (χ0v) is 11.8. The first-order valence-electron chi connectivity index (χ1n) is 6.68. The van der Waals surface area contributed by atoms with Gasteiger partial charge in [-0.1, -0.05) is 0 Å². The van der Waals surface area contributed by atoms with Gasteiger partial charge in [0.2, 0.25) is 0 Å². The molecule has 4 heteroatoms. The van der Waals surface area contributed by atoms with Crippen LogP contribution in [-0.4, -0.2) is 16.2 Å². The van der Waals surface area contributed by atoms with E-state index in [0.29, 0.717) is 12.6 Å². The van der Waals surface area contributed by atoms with Crippen molar-refractivity contribution in [2.24, 2.45) is 0 Å². The molecule has 19 heavy (non-hydrogen) atoms. The summed E-state index contributed by atoms with van der Waals surface area (Å²) in [6, 6.07) is 8.44. The number of benzene rings is 1. The van der Waals surface area contributed by atoms with Crippen LogP contribution in [0.5, 0.6) is 5.75 Å². The van der Waals surface area contributed by atoms with Gasteiger partial charge in [-0.3, -0.25) is 0 Å². The number of hydrogen-bond donors (Lipinski definition) is 1. The predicted molar refractivity (Wildman–Crippen MR) is 77.5 cm³/mol. The van der Waals surface area contributed by atoms with Crippen LogP contribution in [0, 0.1) is 0 Å². The fourth-order valence-electron chi connectivity index (χ4n) is 1.96. The standard InChI is InChI=1S/C15H21N3O/c1-4-19-15-7-5-13(6-8-15)17-10-14-9-16-11-18(14)12(2)3/h5-9,11-12,17H,4,10H2,1-3H3. The molecule has 2 aromatic rings. The van der Waals surface area contributed by atoms with Crippen LogP contribution < -0.4 is 10.1 Å². The van der Waals surface area contributed by atoms with Crippen LogP contribution in [-0.2, 0) is 6.54 Å². The molecule has 0 saturated heterocycles. The molecule has 0 aliphatic rings. The minimum atomic E-state index is 0.430. The van der Waals surface area contributed by atoms with Crippen LogP contribution in [0.4, 0.5) is 5.69 Å². The summed E-state index contributed by atoms with van der Waals surface area (Å²) in [6.45, 7) is 7.76. The molecule has 1 heterocycles. The number of anilines is 1. The van der Waals surface area contributed by atoms with E-state index in [0.717, 1.165) is 18.0 Å². The monoisotopic (exact) mass is 259 g/mol. The summed E-state index contributed by atoms with van der Waals surface area (Å²) in [5, 5.41) is 3.40. The molecule has 4 nitrogen and oxygen atoms in total. The summed E-state index contributed by atoms with van der Waals surface area (Å²) < 4.78 is 7.59. The zero-order chi connectivity index (χ0) is 13.7. The molecule has 0 spiro atoms. The molecule has 2 rings (SSSR count). The summed E-state index contributed by atoms with van der Waals surface area (Å²) in [4.78, 5) is 4.20. The highest BCUT2D eigenvalue weighted by Gasteiger charge is 2.04. The fraction of sp³-hybridized carbons (Fsp3) is 0.400. The third kappa shape index (κ3) is 3.50. The Balaban J connectivity index is 1.96. The molecule has 1 aromatic carbocycles. The van der Waals surface area contributed by atoms with Gasteiger partial charge in [-0.15, -0.1) is 0 Å². The molecule has 0 bridgehead atoms. The van der Waals surface area contributed by atoms with Crippen LogP contribution in [0.3, 0.4) is 0 Å². The Morgan fingerprint density at radius 3 is 2.63 bits per heavy atom. The Morgan fingerprint density at radius 1 is 1.26 bits per heavy atom. The van der Waals surface area contributed by atoms with Crippen molar-refractivity contribution in [2.45, 2.75) is 33.4 Å². The number of imidazole rings is 1. The maximum atomic E-state index is 5.42. The Bertz CT molecular complexity index is 502. The first-order valence-corrected chi connectivity index (χ1v) is 6.68. The Morgan fingerprint density at radius 2 is 2.00 bits per heavy atom. The van der Waals surface area contributed by atoms with Gasteiger partial charge in [0.15, 0.2) is 0 Å². The minimum Gasteiger partial charge on any atom is -0.494 e. The normalized spacial score (nSPS) is 10.7. The summed E-state index contributed by atoms with van der Waals surface area (Å²) in [7, 11) is 0. The van der Waals surface area contributed by atoms with Gasteiger partial charge in [0, 0.05) is 17.9 Å². The molecule has 0 unspecified atom stereocenters. The van der Waals surface area contributed by atoms with E-state index in [4.69, 9.17) is 4.74 Å². The average Bonchev–Trinajstić information content (AvgIpc) is 2.87. The Labute approximate surface area is 114 Å². The maximum Gasteiger partial charge on any atom is 0.119 e. The first kappa shape index (κ1) is 13.5. The quantitative estimate of drug-likeness (QED) is 0.863. The van der Waals surface area contributed by atoms with E-state index >= 15 is 0 Å². The summed E-state index contributed by atoms with van der Waals surface area (Å²) in [5.41, 5.74) is 2.27. The largest absolute Gasteiger partial charge is 0.494 e. The van der Waals surface area contributed by atoms with Crippen molar-refractivity contribution < 1.29 is 4.74 Å². The van der Waals surface area contributed by atoms with Crippen LogP contribution in [0.1, 0.15) is 32.5 Å². The Hall–Kier alpha value is -1.97. The number of nitrogens with one attached hydrogen (secondary N) is 1. The topological polar surface area (TPSA) is 39.1 Å². The second kappa shape index (κ2) is 6.27. The van der Waals surface area contributed by atoms with Gasteiger partial charge >= 0.3 is 0 Å². The van der Waals surface area contributed by atoms with Crippen LogP contribution in [0.25, 0.3) is 0 Å². The maximum absolute atomic E-state index is 5.42. The molecule has 1 aromatic heterocycles. The van der Waals surface area contributed by atoms with Gasteiger partial charge in [0.05, 0.1) is 25.2 Å². The first-order chi connectivity index (χ1) is 9.20. The lowest BCUT2D eigenvalue weighted by atomic mass is 10.3. The molecular weight excluding hydrogens is 238 g/mol. The van der Waals surface area contributed by atoms with E-state index in [1.54, 1.807) is 0 Å². The van der Waals surface area contributed by atoms with E-state index in [2.05, 4.69) is 28.7 Å². The lowest BCUT2D eigenvalue weighted by Gasteiger charge is -2.13. The molecule has 0 amide bonds. The lowest BCUT2D eigenvalue weighted by Crippen LogP contribution is -2.08. The van der Waals surface area contributed by atoms with E-state index < -0.39 is 0 Å². The second-order valence-electron chi connectivity index (χ2n) is 4.70. The molecule has 1 N–H and O–H groups in total. The van der Waals surface area contributed by atoms with E-state index in [1.165, 1.54) is 5.69 Å². The minimum absolute atomic E-state index is 0.430. The van der Waals surface area contributed by atoms with Crippen LogP contribution >= 0.6 is 0 Å². The molecule has 102 valence electrons. The van der Waals surface area contributed by atoms with Crippen molar-refractivity contribution in [2.75, 3.05) is 11.9 Å². The Kier molecular flexibility index (Phi) is 4.44. The van der Waals surface area contributed by atoms with E-state index in [9.17, 15) is 0 Å². The van der Waals surface area contributed by atoms with Crippen molar-refractivity contribution in [1.82, 2.24) is 9.55 Å². The molecule has 0 fully saturated rings. The van der Waals surface area contributed by atoms with E-state index in [-0.39, 0.29) is 0 Å². The van der Waals surface area contributed by atoms with Gasteiger partial charge < -0.3 is 14.6 Å². The van der Waals surface area contributed by atoms with Crippen molar-refractivity contribution in [3.63, 3.8) is 0 Å². The van der Waals surface area contributed by atoms with Crippen molar-refractivity contribution >= 4 is 5.69 Å². The number of aromatic nitrogens is 2. The number of ether oxygens (including phenoxy) is 1. The fourth-order valence-corrected chi connectivity index (χ4v) is 1.96. The number of rotatable bonds is 6. The number of hydrogen-bond acceptors (Lipinski definition) is 3. The highest BCUT2D eigenvalue weighted by atomic mass is 16.5. The predicted octanol–water partition coefficient (Wildman–Crippen LogP) is 3.47. The molecule has 0 radical (unpaired) electrons. The van der Waals surface area contributed by atoms with E-state index in [1.807, 2.05) is 43.7 Å². The van der Waals surface area contributed by atoms with Crippen molar-refractivity contribution in [3.8, 4) is 5.75 Å². The third-order valence-electron chi connectivity index (χ3n) is 2.94. The van der Waals surface area contributed by atoms with Crippen LogP contribution in [0.15, 0.2) is 36.8 Å². The third-order valence-corrected chi connectivity index (χ3v) is 2.94. The van der Waals surface area contributed by atoms with Crippen LogP contribution in [0.2, 0.25) is 0 Å². The van der Waals surface area contributed by atoms with Gasteiger partial charge in [-0.05, 0) is 45.0 Å². The molecule has 0 atom stereocenters. The number of nitrogens with zero attached hydrogens (tertiary/aromatic N) is 2. The second-order valence-corrected chi connectivity index (χ2v) is 4.70. The highest BCUT2D eigenvalue weighted by Crippen LogP contribution is 2.17. The van der Waals surface area contributed by atoms with Gasteiger partial charge in [-0.25, -0.2) is 4.98 Å². The highest BCUT2D eigenvalue weighted by molar-refractivity contribution is 5.46. The molecule has 0 aliphatic carbocycles. The van der Waals surface area contributed by atoms with Crippen molar-refractivity contribution in [1.29, 1.82) is 0 Å². The summed E-state index contributed by atoms with van der Waals surface area (Å²) in [5.74, 6) is 0.903. The zero-order valence-electron chi connectivity index (χ0n) is 11.8. The van der Waals surface area contributed by atoms with Gasteiger partial charge in [0.25, 0.3) is 0 Å². The summed E-state index contributed by atoms with van der Waals surface area (Å²) >= 11 is 0. The van der Waals surface area contributed by atoms with Gasteiger partial charge in [0.1, 0.15) is 5.75 Å². The SMILES string of the molecule is CCOc1ccc(NCc2cncn2C(C)C)cc1. The molecular formula is C15H21N3O. The smallest absolute Gasteiger partial charge is 0.119 e. The lowest BCUT2D eigenvalue weighted by molar-refractivity contribution is 0.340. The van der Waals surface area contributed by atoms with Gasteiger partial charge in [-0.2, -0.15) is 0 Å². The average molecular weight is 259 g/mol. The molecule has 0 aliphatic heterocycles.